The van der Waals surface area contributed by atoms with Crippen molar-refractivity contribution in [3.05, 3.63) is 72.9 Å². The molecule has 0 amide bonds. The lowest BCUT2D eigenvalue weighted by Gasteiger charge is -2.18. The highest BCUT2D eigenvalue weighted by molar-refractivity contribution is 5.71. The third-order valence-electron chi connectivity index (χ3n) is 10.9. The van der Waals surface area contributed by atoms with Gasteiger partial charge in [-0.25, -0.2) is 0 Å². The Kier molecular flexibility index (Phi) is 47.9. The summed E-state index contributed by atoms with van der Waals surface area (Å²) in [5.74, 6) is -0.911. The van der Waals surface area contributed by atoms with Crippen molar-refractivity contribution in [2.45, 2.75) is 252 Å². The Bertz CT molecular complexity index is 1180. The summed E-state index contributed by atoms with van der Waals surface area (Å²) in [5.41, 5.74) is 0. The van der Waals surface area contributed by atoms with Gasteiger partial charge in [0.2, 0.25) is 0 Å². The van der Waals surface area contributed by atoms with E-state index in [1.807, 2.05) is 0 Å². The SMILES string of the molecule is CC/C=C\C/C=C\C/C=C\C/C=C\C/C=C\CCCCCCCCCC(=O)OCC(COC(=O)CCCCCCCC)OC(=O)CCCCCCC/C=C\CCCCCCCC. The van der Waals surface area contributed by atoms with E-state index in [9.17, 15) is 14.4 Å². The molecule has 0 aliphatic carbocycles. The predicted octanol–water partition coefficient (Wildman–Crippen LogP) is 17.0. The molecule has 1 unspecified atom stereocenters. The van der Waals surface area contributed by atoms with E-state index >= 15 is 0 Å². The summed E-state index contributed by atoms with van der Waals surface area (Å²) in [6.45, 7) is 6.44. The summed E-state index contributed by atoms with van der Waals surface area (Å²) in [6.07, 6.45) is 63.4. The van der Waals surface area contributed by atoms with Crippen molar-refractivity contribution in [2.75, 3.05) is 13.2 Å². The van der Waals surface area contributed by atoms with Crippen molar-refractivity contribution >= 4 is 17.9 Å². The van der Waals surface area contributed by atoms with E-state index < -0.39 is 6.10 Å². The van der Waals surface area contributed by atoms with Gasteiger partial charge in [-0.3, -0.25) is 14.4 Å². The molecular formula is C56H96O6. The van der Waals surface area contributed by atoms with Gasteiger partial charge in [0.05, 0.1) is 0 Å². The topological polar surface area (TPSA) is 78.9 Å². The van der Waals surface area contributed by atoms with Gasteiger partial charge in [-0.05, 0) is 89.9 Å². The maximum atomic E-state index is 12.7. The van der Waals surface area contributed by atoms with Crippen LogP contribution >= 0.6 is 0 Å². The fourth-order valence-corrected chi connectivity index (χ4v) is 7.05. The molecular weight excluding hydrogens is 769 g/mol. The highest BCUT2D eigenvalue weighted by Gasteiger charge is 2.19. The molecule has 0 spiro atoms. The van der Waals surface area contributed by atoms with Crippen LogP contribution in [-0.2, 0) is 28.6 Å². The fraction of sp³-hybridized carbons (Fsp3) is 0.732. The maximum Gasteiger partial charge on any atom is 0.306 e. The van der Waals surface area contributed by atoms with Crippen LogP contribution in [0, 0.1) is 0 Å². The number of allylic oxidation sites excluding steroid dienone is 12. The Balaban J connectivity index is 4.22. The molecule has 6 heteroatoms. The Morgan fingerprint density at radius 3 is 1.00 bits per heavy atom. The van der Waals surface area contributed by atoms with Crippen LogP contribution in [0.4, 0.5) is 0 Å². The van der Waals surface area contributed by atoms with Crippen molar-refractivity contribution in [3.63, 3.8) is 0 Å². The molecule has 0 saturated carbocycles. The lowest BCUT2D eigenvalue weighted by Crippen LogP contribution is -2.30. The summed E-state index contributed by atoms with van der Waals surface area (Å²) >= 11 is 0. The summed E-state index contributed by atoms with van der Waals surface area (Å²) < 4.78 is 16.7. The molecule has 0 aliphatic heterocycles. The van der Waals surface area contributed by atoms with E-state index in [4.69, 9.17) is 14.2 Å². The van der Waals surface area contributed by atoms with Crippen LogP contribution in [0.1, 0.15) is 245 Å². The number of carbonyl (C=O) groups is 3. The number of unbranched alkanes of at least 4 members (excludes halogenated alkanes) is 23. The Labute approximate surface area is 382 Å². The van der Waals surface area contributed by atoms with Crippen LogP contribution in [0.25, 0.3) is 0 Å². The van der Waals surface area contributed by atoms with E-state index in [0.717, 1.165) is 109 Å². The van der Waals surface area contributed by atoms with E-state index in [2.05, 4.69) is 93.7 Å². The third kappa shape index (κ3) is 47.9. The monoisotopic (exact) mass is 865 g/mol. The van der Waals surface area contributed by atoms with Gasteiger partial charge >= 0.3 is 17.9 Å². The zero-order valence-electron chi connectivity index (χ0n) is 40.6. The first-order valence-electron chi connectivity index (χ1n) is 25.9. The molecule has 0 aromatic carbocycles. The lowest BCUT2D eigenvalue weighted by atomic mass is 10.1. The van der Waals surface area contributed by atoms with Crippen molar-refractivity contribution in [2.24, 2.45) is 0 Å². The Hall–Kier alpha value is -3.15. The van der Waals surface area contributed by atoms with Crippen LogP contribution < -0.4 is 0 Å². The van der Waals surface area contributed by atoms with Gasteiger partial charge in [0.1, 0.15) is 13.2 Å². The highest BCUT2D eigenvalue weighted by atomic mass is 16.6. The fourth-order valence-electron chi connectivity index (χ4n) is 7.05. The number of hydrogen-bond acceptors (Lipinski definition) is 6. The van der Waals surface area contributed by atoms with Gasteiger partial charge in [-0.2, -0.15) is 0 Å². The van der Waals surface area contributed by atoms with Crippen LogP contribution in [0.3, 0.4) is 0 Å². The van der Waals surface area contributed by atoms with Crippen LogP contribution in [0.15, 0.2) is 72.9 Å². The first-order valence-corrected chi connectivity index (χ1v) is 25.9. The summed E-state index contributed by atoms with van der Waals surface area (Å²) in [4.78, 5) is 37.7. The predicted molar refractivity (Wildman–Crippen MR) is 265 cm³/mol. The molecule has 0 radical (unpaired) electrons. The second kappa shape index (κ2) is 50.5. The molecule has 62 heavy (non-hydrogen) atoms. The zero-order valence-corrected chi connectivity index (χ0v) is 40.6. The minimum absolute atomic E-state index is 0.0822. The highest BCUT2D eigenvalue weighted by Crippen LogP contribution is 2.14. The average Bonchev–Trinajstić information content (AvgIpc) is 3.27. The largest absolute Gasteiger partial charge is 0.462 e. The summed E-state index contributed by atoms with van der Waals surface area (Å²) in [5, 5.41) is 0. The van der Waals surface area contributed by atoms with E-state index in [1.54, 1.807) is 0 Å². The quantitative estimate of drug-likeness (QED) is 0.0262. The van der Waals surface area contributed by atoms with Gasteiger partial charge in [0.15, 0.2) is 6.10 Å². The van der Waals surface area contributed by atoms with Crippen molar-refractivity contribution < 1.29 is 28.6 Å². The van der Waals surface area contributed by atoms with Gasteiger partial charge < -0.3 is 14.2 Å². The van der Waals surface area contributed by atoms with Gasteiger partial charge in [-0.1, -0.05) is 209 Å². The van der Waals surface area contributed by atoms with Crippen molar-refractivity contribution in [1.82, 2.24) is 0 Å². The number of rotatable bonds is 46. The normalized spacial score (nSPS) is 12.6. The van der Waals surface area contributed by atoms with Gasteiger partial charge in [0, 0.05) is 19.3 Å². The third-order valence-corrected chi connectivity index (χ3v) is 10.9. The van der Waals surface area contributed by atoms with E-state index in [1.165, 1.54) is 96.3 Å². The second-order valence-electron chi connectivity index (χ2n) is 17.1. The Morgan fingerprint density at radius 2 is 0.629 bits per heavy atom. The average molecular weight is 865 g/mol. The molecule has 356 valence electrons. The van der Waals surface area contributed by atoms with Gasteiger partial charge in [0.25, 0.3) is 0 Å². The first kappa shape index (κ1) is 58.9. The smallest absolute Gasteiger partial charge is 0.306 e. The molecule has 0 aliphatic rings. The summed E-state index contributed by atoms with van der Waals surface area (Å²) in [6, 6.07) is 0. The molecule has 0 fully saturated rings. The molecule has 0 bridgehead atoms. The second-order valence-corrected chi connectivity index (χ2v) is 17.1. The maximum absolute atomic E-state index is 12.7. The van der Waals surface area contributed by atoms with E-state index in [0.29, 0.717) is 19.3 Å². The number of hydrogen-bond donors (Lipinski definition) is 0. The molecule has 0 rings (SSSR count). The number of ether oxygens (including phenoxy) is 3. The summed E-state index contributed by atoms with van der Waals surface area (Å²) in [7, 11) is 0. The molecule has 6 nitrogen and oxygen atoms in total. The Morgan fingerprint density at radius 1 is 0.339 bits per heavy atom. The van der Waals surface area contributed by atoms with Gasteiger partial charge in [-0.15, -0.1) is 0 Å². The number of esters is 3. The molecule has 0 heterocycles. The van der Waals surface area contributed by atoms with Crippen LogP contribution in [0.2, 0.25) is 0 Å². The van der Waals surface area contributed by atoms with Crippen molar-refractivity contribution in [1.29, 1.82) is 0 Å². The molecule has 0 N–H and O–H groups in total. The van der Waals surface area contributed by atoms with E-state index in [-0.39, 0.29) is 31.1 Å². The standard InChI is InChI=1S/C56H96O6/c1-4-7-10-13-16-18-20-22-24-25-26-27-28-29-30-31-33-34-36-38-40-43-46-49-55(58)61-52-53(51-60-54(57)48-45-42-15-12-9-6-3)62-56(59)50-47-44-41-39-37-35-32-23-21-19-17-14-11-8-5-2/h7,10,16,18,22-24,26-27,29-30,32,53H,4-6,8-9,11-15,17,19-21,25,28,31,33-52H2,1-3H3/b10-7-,18-16-,24-22-,27-26-,30-29-,32-23-. The minimum atomic E-state index is -0.780. The van der Waals surface area contributed by atoms with Crippen LogP contribution in [0.5, 0.6) is 0 Å². The first-order chi connectivity index (χ1) is 30.5. The molecule has 0 aromatic heterocycles. The lowest BCUT2D eigenvalue weighted by molar-refractivity contribution is -0.167. The van der Waals surface area contributed by atoms with Crippen LogP contribution in [-0.4, -0.2) is 37.2 Å². The zero-order chi connectivity index (χ0) is 45.1. The molecule has 0 aromatic rings. The van der Waals surface area contributed by atoms with Crippen molar-refractivity contribution in [3.8, 4) is 0 Å². The molecule has 1 atom stereocenters. The minimum Gasteiger partial charge on any atom is -0.462 e. The molecule has 0 saturated heterocycles. The number of carbonyl (C=O) groups excluding carboxylic acids is 3.